The van der Waals surface area contributed by atoms with Gasteiger partial charge in [-0.2, -0.15) is 10.1 Å². The summed E-state index contributed by atoms with van der Waals surface area (Å²) in [5, 5.41) is 63.3. The van der Waals surface area contributed by atoms with Gasteiger partial charge in [-0.25, -0.2) is 39.4 Å². The average Bonchev–Trinajstić information content (AvgIpc) is 1.62. The lowest BCUT2D eigenvalue weighted by atomic mass is 9.78. The number of anilines is 4. The van der Waals surface area contributed by atoms with Crippen molar-refractivity contribution in [1.82, 2.24) is 74.9 Å². The highest BCUT2D eigenvalue weighted by Crippen LogP contribution is 2.40. The third kappa shape index (κ3) is 27.9. The van der Waals surface area contributed by atoms with Gasteiger partial charge in [0.05, 0.1) is 93.0 Å². The number of nitrogens with zero attached hydrogens (tertiary/aromatic N) is 16. The van der Waals surface area contributed by atoms with Crippen molar-refractivity contribution >= 4 is 92.9 Å². The van der Waals surface area contributed by atoms with E-state index in [-0.39, 0.29) is 119 Å². The van der Waals surface area contributed by atoms with Crippen molar-refractivity contribution in [2.45, 2.75) is 225 Å². The number of aliphatic hydroxyl groups excluding tert-OH is 3. The monoisotopic (exact) mass is 1980 g/mol. The van der Waals surface area contributed by atoms with Crippen LogP contribution in [0.4, 0.5) is 23.7 Å². The Morgan fingerprint density at radius 2 is 1.43 bits per heavy atom. The first-order chi connectivity index (χ1) is 68.9. The number of piperazine rings is 2. The molecule has 2 aromatic carbocycles. The van der Waals surface area contributed by atoms with Crippen LogP contribution in [0, 0.1) is 35.5 Å². The number of allylic oxidation sites excluding steroid dienone is 5. The number of nitrogen functional groups attached to an aromatic ring is 2. The first-order valence-corrected chi connectivity index (χ1v) is 50.3. The quantitative estimate of drug-likeness (QED) is 0.00742. The summed E-state index contributed by atoms with van der Waals surface area (Å²) >= 11 is 0. The molecule has 14 rings (SSSR count). The summed E-state index contributed by atoms with van der Waals surface area (Å²) in [5.74, 6) is -6.99. The fourth-order valence-electron chi connectivity index (χ4n) is 20.3. The molecular weight excluding hydrogens is 1840 g/mol. The lowest BCUT2D eigenvalue weighted by molar-refractivity contribution is -0.265. The Morgan fingerprint density at radius 1 is 0.699 bits per heavy atom. The largest absolute Gasteiger partial charge is 0.460 e. The number of ketones is 1. The van der Waals surface area contributed by atoms with E-state index in [1.165, 1.54) is 30.7 Å². The number of Topliss-reactive ketones (excluding diaryl/α,β-unsaturated/α-hetero) is 1. The van der Waals surface area contributed by atoms with E-state index in [0.29, 0.717) is 204 Å². The summed E-state index contributed by atoms with van der Waals surface area (Å²) in [6.45, 7) is 21.2. The molecule has 7 aromatic rings. The zero-order valence-electron chi connectivity index (χ0n) is 83.9. The maximum atomic E-state index is 14.8. The molecular formula is C103H142N20O20. The standard InChI is InChI=1S/C103H142N20O20/c1-63-16-12-11-13-17-64(2)83(135-8)52-77-24-19-69(7)103(134,143-77)94(130)98(132)122-31-15-14-18-79(122)99(133)141-84(66(4)48-70-21-25-80(124)85(50-70)136-9)53-81(125)65(3)47-68(6)92(129)93(137-10)90(67(5)46-63)116-140-61-86(126)107-54-72-55-108-101(109-56-72)120-39-37-118(38-40-120)87(127)28-43-139-45-41-117-33-35-119(36-34-117)102-110-57-76(58-111-102)97(131)106-30-44-138-42-29-88(128)121-32-27-73-49-71(20-22-75(73)60-121)59-123-96-89(95(104)112-62-113-96)91(115-123)74-23-26-82-78(51-74)114-100(105)142-82/h11-13,16-17,20,22-23,26,47,49,51,55-58,62-63,65-67,69-70,77,79-81,83-85,92-93,124-125,129,134H,14-15,18-19,21,24-25,27-46,48,50,52-54,59-61H2,1-10H3,(H2,105,114)(H,106,131)(H,107,126)(H2,104,112,113)/b13-11+,16-12+,64-17+,68-47+,116-90+/t63-,65-,66-,67-,69-,70+,77+,79+,80-,81-,83+,84+,85-,92-,93+,103-/m1/s1. The summed E-state index contributed by atoms with van der Waals surface area (Å²) in [5.41, 5.74) is 21.2. The van der Waals surface area contributed by atoms with E-state index in [1.54, 1.807) is 59.5 Å². The molecule has 1 aliphatic carbocycles. The van der Waals surface area contributed by atoms with Crippen LogP contribution in [0.2, 0.25) is 0 Å². The van der Waals surface area contributed by atoms with Crippen LogP contribution in [0.25, 0.3) is 33.4 Å². The zero-order chi connectivity index (χ0) is 102. The van der Waals surface area contributed by atoms with Crippen molar-refractivity contribution in [3.8, 4) is 11.3 Å². The number of carbonyl (C=O) groups is 7. The smallest absolute Gasteiger partial charge is 0.329 e. The number of oxime groups is 1. The van der Waals surface area contributed by atoms with Crippen molar-refractivity contribution in [3.05, 3.63) is 143 Å². The molecule has 7 aliphatic rings. The van der Waals surface area contributed by atoms with Gasteiger partial charge < -0.3 is 109 Å². The SMILES string of the molecule is CO[C@H]1C[C@@H]2CC[C@@H](C)[C@@](O)(O2)C(=O)C(=O)N2CCCC[C@H]2C(=O)O[C@H]([C@H](C)C[C@@H]2CC[C@@H](O)[C@H](OC)C2)C[C@@H](O)[C@H](C)/C=C(\C)[C@@H](O)[C@@H](OC)/C(=N/OCC(=O)NCc2cnc(N3CCN(C(=O)CCOCCN4CCN(c5ncc(C(=O)NCCOCCC(=O)N6CCc7cc(Cn8nc(-c9ccc%10oc(N)nc%10c9)c9c(N)ncnc98)ccc7C6)cn5)CC4)CC3)nc2)[C@H](C)C[C@H](C)/C=C/C=C/C=C/1C. The normalized spacial score (nSPS) is 27.4. The number of esters is 1. The number of hydrogen-bond acceptors (Lipinski definition) is 34. The van der Waals surface area contributed by atoms with Crippen molar-refractivity contribution < 1.29 is 96.4 Å². The van der Waals surface area contributed by atoms with Gasteiger partial charge in [0.1, 0.15) is 47.7 Å². The van der Waals surface area contributed by atoms with Gasteiger partial charge >= 0.3 is 5.97 Å². The molecule has 143 heavy (non-hydrogen) atoms. The Labute approximate surface area is 834 Å². The summed E-state index contributed by atoms with van der Waals surface area (Å²) in [6, 6.07) is 10.7. The van der Waals surface area contributed by atoms with E-state index >= 15 is 0 Å². The highest BCUT2D eigenvalue weighted by atomic mass is 16.6. The van der Waals surface area contributed by atoms with E-state index in [4.69, 9.17) is 59.0 Å². The Morgan fingerprint density at radius 3 is 2.16 bits per heavy atom. The Kier molecular flexibility index (Phi) is 38.0. The summed E-state index contributed by atoms with van der Waals surface area (Å²) < 4.78 is 49.4. The predicted molar refractivity (Wildman–Crippen MR) is 533 cm³/mol. The van der Waals surface area contributed by atoms with E-state index in [1.807, 2.05) is 95.7 Å². The predicted octanol–water partition coefficient (Wildman–Crippen LogP) is 7.43. The number of nitrogens with two attached hydrogens (primary N) is 2. The highest BCUT2D eigenvalue weighted by molar-refractivity contribution is 6.39. The number of fused-ring (bicyclic) bond motifs is 6. The van der Waals surface area contributed by atoms with Crippen molar-refractivity contribution in [1.29, 1.82) is 0 Å². The summed E-state index contributed by atoms with van der Waals surface area (Å²) in [4.78, 5) is 146. The molecule has 5 fully saturated rings. The fraction of sp³-hybridized carbons (Fsp3) is 0.592. The van der Waals surface area contributed by atoms with Gasteiger partial charge in [-0.3, -0.25) is 33.7 Å². The van der Waals surface area contributed by atoms with Crippen molar-refractivity contribution in [2.75, 3.05) is 154 Å². The molecule has 0 spiro atoms. The molecule has 40 nitrogen and oxygen atoms in total. The van der Waals surface area contributed by atoms with Crippen LogP contribution < -0.4 is 31.9 Å². The summed E-state index contributed by atoms with van der Waals surface area (Å²) in [6.07, 6.45) is 18.9. The molecule has 16 atom stereocenters. The number of carbonyl (C=O) groups excluding carboxylic acids is 7. The molecule has 0 unspecified atom stereocenters. The van der Waals surface area contributed by atoms with Crippen LogP contribution >= 0.6 is 0 Å². The van der Waals surface area contributed by atoms with Gasteiger partial charge in [0.25, 0.3) is 29.5 Å². The second kappa shape index (κ2) is 50.7. The molecule has 5 aromatic heterocycles. The number of nitrogens with one attached hydrogen (secondary N) is 2. The van der Waals surface area contributed by atoms with Crippen LogP contribution in [0.3, 0.4) is 0 Å². The fourth-order valence-corrected chi connectivity index (χ4v) is 20.3. The number of cyclic esters (lactones) is 1. The second-order valence-electron chi connectivity index (χ2n) is 39.2. The molecule has 1 saturated carbocycles. The highest BCUT2D eigenvalue weighted by Gasteiger charge is 2.54. The van der Waals surface area contributed by atoms with E-state index in [9.17, 15) is 54.0 Å². The van der Waals surface area contributed by atoms with Crippen LogP contribution in [-0.2, 0) is 92.8 Å². The van der Waals surface area contributed by atoms with Crippen LogP contribution in [0.1, 0.15) is 171 Å². The molecule has 6 aliphatic heterocycles. The second-order valence-corrected chi connectivity index (χ2v) is 39.2. The Hall–Kier alpha value is -11.7. The van der Waals surface area contributed by atoms with E-state index < -0.39 is 102 Å². The minimum Gasteiger partial charge on any atom is -0.460 e. The number of methoxy groups -OCH3 is 3. The molecule has 10 N–H and O–H groups in total. The minimum absolute atomic E-state index is 0.00139. The van der Waals surface area contributed by atoms with Gasteiger partial charge in [0.15, 0.2) is 17.8 Å². The van der Waals surface area contributed by atoms with Crippen molar-refractivity contribution in [3.63, 3.8) is 0 Å². The minimum atomic E-state index is -2.47. The molecule has 5 amide bonds. The van der Waals surface area contributed by atoms with Gasteiger partial charge in [0, 0.05) is 179 Å². The molecule has 0 radical (unpaired) electrons. The summed E-state index contributed by atoms with van der Waals surface area (Å²) in [7, 11) is 4.59. The lowest BCUT2D eigenvalue weighted by Gasteiger charge is -2.43. The van der Waals surface area contributed by atoms with Gasteiger partial charge in [0.2, 0.25) is 29.5 Å². The lowest BCUT2D eigenvalue weighted by Crippen LogP contribution is -2.61. The van der Waals surface area contributed by atoms with Crippen LogP contribution in [-0.4, -0.2) is 325 Å². The first-order valence-electron chi connectivity index (χ1n) is 50.3. The Bertz CT molecular complexity index is 5640. The van der Waals surface area contributed by atoms with E-state index in [0.717, 1.165) is 40.9 Å². The maximum Gasteiger partial charge on any atom is 0.329 e. The van der Waals surface area contributed by atoms with Gasteiger partial charge in [-0.05, 0) is 148 Å². The third-order valence-electron chi connectivity index (χ3n) is 28.9. The molecule has 4 saturated heterocycles. The van der Waals surface area contributed by atoms with Crippen LogP contribution in [0.15, 0.2) is 125 Å². The number of oxazole rings is 1. The zero-order valence-corrected chi connectivity index (χ0v) is 83.9. The third-order valence-corrected chi connectivity index (χ3v) is 28.9. The molecule has 40 heteroatoms. The molecule has 11 heterocycles. The van der Waals surface area contributed by atoms with Crippen molar-refractivity contribution in [2.24, 2.45) is 40.7 Å². The number of rotatable bonds is 29. The maximum absolute atomic E-state index is 14.8. The van der Waals surface area contributed by atoms with Gasteiger partial charge in [-0.15, -0.1) is 0 Å². The number of hydrogen-bond donors (Lipinski definition) is 8. The molecule has 2 bridgehead atoms. The average molecular weight is 1980 g/mol. The number of aliphatic hydroxyl groups is 4. The number of aromatic nitrogens is 9. The Balaban J connectivity index is 0.490. The van der Waals surface area contributed by atoms with Gasteiger partial charge in [-0.1, -0.05) is 94.4 Å². The first kappa shape index (κ1) is 107. The number of ether oxygens (including phenoxy) is 7. The topological polar surface area (TPSA) is 503 Å². The van der Waals surface area contributed by atoms with E-state index in [2.05, 4.69) is 72.6 Å². The number of piperidine rings is 1. The number of benzene rings is 2. The molecule has 774 valence electrons. The number of amides is 5. The van der Waals surface area contributed by atoms with Crippen LogP contribution in [0.5, 0.6) is 0 Å².